The highest BCUT2D eigenvalue weighted by Gasteiger charge is 2.54. The van der Waals surface area contributed by atoms with Crippen LogP contribution in [-0.4, -0.2) is 74.7 Å². The summed E-state index contributed by atoms with van der Waals surface area (Å²) in [5.41, 5.74) is 0. The molecule has 0 aromatic rings. The lowest BCUT2D eigenvalue weighted by Gasteiger charge is -2.26. The average molecular weight is 693 g/mol. The molecule has 0 radical (unpaired) electrons. The molecule has 8 unspecified atom stereocenters. The van der Waals surface area contributed by atoms with E-state index in [4.69, 9.17) is 28.4 Å². The average Bonchev–Trinajstić information content (AvgIpc) is 4.04. The number of hydrogen-bond acceptors (Lipinski definition) is 10. The zero-order valence-electron chi connectivity index (χ0n) is 30.4. The number of fused-ring (bicyclic) bond motifs is 2. The molecule has 4 rings (SSSR count). The molecule has 49 heavy (non-hydrogen) atoms. The Morgan fingerprint density at radius 2 is 0.612 bits per heavy atom. The van der Waals surface area contributed by atoms with E-state index in [0.717, 1.165) is 38.5 Å². The van der Waals surface area contributed by atoms with Gasteiger partial charge in [-0.3, -0.25) is 19.2 Å². The van der Waals surface area contributed by atoms with Crippen LogP contribution in [0.2, 0.25) is 0 Å². The van der Waals surface area contributed by atoms with Gasteiger partial charge in [0.25, 0.3) is 0 Å². The summed E-state index contributed by atoms with van der Waals surface area (Å²) in [4.78, 5) is 51.8. The largest absolute Gasteiger partial charge is 0.465 e. The second-order valence-electron chi connectivity index (χ2n) is 14.8. The Labute approximate surface area is 294 Å². The minimum atomic E-state index is -0.535. The Hall–Kier alpha value is -2.20. The van der Waals surface area contributed by atoms with Crippen molar-refractivity contribution in [2.24, 2.45) is 23.7 Å². The van der Waals surface area contributed by atoms with Crippen molar-refractivity contribution in [3.63, 3.8) is 0 Å². The maximum atomic E-state index is 13.0. The van der Waals surface area contributed by atoms with Crippen LogP contribution in [0.15, 0.2) is 0 Å². The van der Waals surface area contributed by atoms with Crippen molar-refractivity contribution >= 4 is 23.9 Å². The molecule has 2 aliphatic carbocycles. The molecule has 2 heterocycles. The van der Waals surface area contributed by atoms with Crippen molar-refractivity contribution < 1.29 is 47.6 Å². The highest BCUT2D eigenvalue weighted by atomic mass is 16.6. The van der Waals surface area contributed by atoms with Gasteiger partial charge in [0.05, 0.1) is 74.5 Å². The SMILES string of the molecule is CCCCCCCCCOC(=O)C1CC2OC2CC1C(=O)OCCCCCOC(=O)C1CC2OC2CC1C(=O)OCCCCCCCCC. The third-order valence-corrected chi connectivity index (χ3v) is 10.8. The van der Waals surface area contributed by atoms with E-state index in [-0.39, 0.29) is 61.5 Å². The molecule has 0 aromatic heterocycles. The van der Waals surface area contributed by atoms with Crippen molar-refractivity contribution in [2.45, 2.75) is 173 Å². The Morgan fingerprint density at radius 1 is 0.388 bits per heavy atom. The Bertz CT molecular complexity index is 938. The van der Waals surface area contributed by atoms with Crippen LogP contribution in [0, 0.1) is 23.7 Å². The first kappa shape index (κ1) is 39.6. The van der Waals surface area contributed by atoms with Gasteiger partial charge in [0.15, 0.2) is 0 Å². The second-order valence-corrected chi connectivity index (χ2v) is 14.8. The van der Waals surface area contributed by atoms with Gasteiger partial charge in [-0.2, -0.15) is 0 Å². The highest BCUT2D eigenvalue weighted by Crippen LogP contribution is 2.45. The van der Waals surface area contributed by atoms with Gasteiger partial charge in [-0.15, -0.1) is 0 Å². The molecule has 2 aliphatic heterocycles. The van der Waals surface area contributed by atoms with Gasteiger partial charge in [0, 0.05) is 0 Å². The van der Waals surface area contributed by atoms with E-state index in [2.05, 4.69) is 13.8 Å². The number of hydrogen-bond donors (Lipinski definition) is 0. The van der Waals surface area contributed by atoms with Gasteiger partial charge < -0.3 is 28.4 Å². The van der Waals surface area contributed by atoms with E-state index in [1.807, 2.05) is 0 Å². The zero-order chi connectivity index (χ0) is 34.8. The normalized spacial score (nSPS) is 28.1. The summed E-state index contributed by atoms with van der Waals surface area (Å²) in [5.74, 6) is -3.44. The van der Waals surface area contributed by atoms with Crippen LogP contribution in [-0.2, 0) is 47.6 Å². The molecule has 280 valence electrons. The summed E-state index contributed by atoms with van der Waals surface area (Å²) >= 11 is 0. The third kappa shape index (κ3) is 13.8. The van der Waals surface area contributed by atoms with E-state index in [1.165, 1.54) is 51.4 Å². The molecular formula is C39H64O10. The summed E-state index contributed by atoms with van der Waals surface area (Å²) in [7, 11) is 0. The standard InChI is InChI=1S/C39H64O10/c1-3-5-7-9-11-13-16-20-44-36(40)28-24-32-34(48-32)26-30(28)38(42)46-22-18-15-19-23-47-39(43)31-27-35-33(49-35)25-29(31)37(41)45-21-17-14-12-10-8-6-4-2/h28-35H,3-27H2,1-2H3. The predicted octanol–water partition coefficient (Wildman–Crippen LogP) is 7.42. The summed E-state index contributed by atoms with van der Waals surface area (Å²) < 4.78 is 33.6. The number of carbonyl (C=O) groups is 4. The summed E-state index contributed by atoms with van der Waals surface area (Å²) in [5, 5.41) is 0. The Balaban J connectivity index is 1.06. The quantitative estimate of drug-likeness (QED) is 0.0391. The molecule has 4 fully saturated rings. The molecule has 10 nitrogen and oxygen atoms in total. The smallest absolute Gasteiger partial charge is 0.309 e. The number of rotatable bonds is 26. The van der Waals surface area contributed by atoms with Crippen LogP contribution in [0.25, 0.3) is 0 Å². The molecule has 0 aromatic carbocycles. The number of epoxide rings is 2. The van der Waals surface area contributed by atoms with Gasteiger partial charge in [-0.05, 0) is 57.8 Å². The third-order valence-electron chi connectivity index (χ3n) is 10.8. The van der Waals surface area contributed by atoms with Crippen LogP contribution in [0.4, 0.5) is 0 Å². The molecular weight excluding hydrogens is 628 g/mol. The van der Waals surface area contributed by atoms with Crippen molar-refractivity contribution in [1.82, 2.24) is 0 Å². The van der Waals surface area contributed by atoms with Crippen molar-refractivity contribution in [3.8, 4) is 0 Å². The monoisotopic (exact) mass is 692 g/mol. The fourth-order valence-electron chi connectivity index (χ4n) is 7.51. The Kier molecular flexibility index (Phi) is 17.7. The van der Waals surface area contributed by atoms with E-state index in [1.54, 1.807) is 0 Å². The van der Waals surface area contributed by atoms with Gasteiger partial charge in [0.1, 0.15) is 0 Å². The molecule has 10 heteroatoms. The van der Waals surface area contributed by atoms with E-state index < -0.39 is 23.7 Å². The molecule has 0 amide bonds. The molecule has 0 bridgehead atoms. The molecule has 2 saturated carbocycles. The maximum absolute atomic E-state index is 13.0. The van der Waals surface area contributed by atoms with E-state index >= 15 is 0 Å². The second kappa shape index (κ2) is 21.9. The lowest BCUT2D eigenvalue weighted by molar-refractivity contribution is -0.162. The van der Waals surface area contributed by atoms with Crippen molar-refractivity contribution in [3.05, 3.63) is 0 Å². The van der Waals surface area contributed by atoms with Crippen LogP contribution < -0.4 is 0 Å². The van der Waals surface area contributed by atoms with Crippen LogP contribution >= 0.6 is 0 Å². The maximum Gasteiger partial charge on any atom is 0.309 e. The first-order valence-corrected chi connectivity index (χ1v) is 19.9. The topological polar surface area (TPSA) is 130 Å². The molecule has 0 spiro atoms. The summed E-state index contributed by atoms with van der Waals surface area (Å²) in [6, 6.07) is 0. The fourth-order valence-corrected chi connectivity index (χ4v) is 7.51. The van der Waals surface area contributed by atoms with Gasteiger partial charge >= 0.3 is 23.9 Å². The van der Waals surface area contributed by atoms with Crippen LogP contribution in [0.1, 0.15) is 149 Å². The molecule has 4 aliphatic rings. The minimum Gasteiger partial charge on any atom is -0.465 e. The first-order valence-electron chi connectivity index (χ1n) is 19.9. The first-order chi connectivity index (χ1) is 23.9. The minimum absolute atomic E-state index is 0.0347. The lowest BCUT2D eigenvalue weighted by Crippen LogP contribution is -2.38. The number of carbonyl (C=O) groups excluding carboxylic acids is 4. The van der Waals surface area contributed by atoms with E-state index in [0.29, 0.717) is 58.2 Å². The van der Waals surface area contributed by atoms with Crippen molar-refractivity contribution in [1.29, 1.82) is 0 Å². The summed E-state index contributed by atoms with van der Waals surface area (Å²) in [6.07, 6.45) is 20.2. The lowest BCUT2D eigenvalue weighted by atomic mass is 9.79. The molecule has 2 saturated heterocycles. The van der Waals surface area contributed by atoms with Gasteiger partial charge in [0.2, 0.25) is 0 Å². The number of unbranched alkanes of at least 4 members (excludes halogenated alkanes) is 14. The molecule has 0 N–H and O–H groups in total. The number of ether oxygens (including phenoxy) is 6. The molecule has 8 atom stereocenters. The van der Waals surface area contributed by atoms with Crippen LogP contribution in [0.3, 0.4) is 0 Å². The van der Waals surface area contributed by atoms with Crippen LogP contribution in [0.5, 0.6) is 0 Å². The fraction of sp³-hybridized carbons (Fsp3) is 0.897. The van der Waals surface area contributed by atoms with Crippen molar-refractivity contribution in [2.75, 3.05) is 26.4 Å². The highest BCUT2D eigenvalue weighted by molar-refractivity contribution is 5.83. The van der Waals surface area contributed by atoms with Gasteiger partial charge in [-0.1, -0.05) is 90.9 Å². The predicted molar refractivity (Wildman–Crippen MR) is 183 cm³/mol. The zero-order valence-corrected chi connectivity index (χ0v) is 30.4. The Morgan fingerprint density at radius 3 is 0.878 bits per heavy atom. The van der Waals surface area contributed by atoms with Gasteiger partial charge in [-0.25, -0.2) is 0 Å². The van der Waals surface area contributed by atoms with E-state index in [9.17, 15) is 19.2 Å². The number of esters is 4. The summed E-state index contributed by atoms with van der Waals surface area (Å²) in [6.45, 7) is 5.68.